The summed E-state index contributed by atoms with van der Waals surface area (Å²) < 4.78 is 27.9. The number of carbonyl (C=O) groups is 3. The fourth-order valence-corrected chi connectivity index (χ4v) is 9.66. The Kier molecular flexibility index (Phi) is 11.1. The maximum absolute atomic E-state index is 13.5. The number of phosphoric acid groups is 1. The molecule has 9 rings (SSSR count). The first-order valence-corrected chi connectivity index (χ1v) is 22.5. The van der Waals surface area contributed by atoms with Gasteiger partial charge in [0.25, 0.3) is 11.8 Å². The maximum Gasteiger partial charge on any atom is 0.472 e. The average Bonchev–Trinajstić information content (AvgIpc) is 3.81. The first-order chi connectivity index (χ1) is 29.8. The molecule has 326 valence electrons. The first-order valence-electron chi connectivity index (χ1n) is 20.9. The van der Waals surface area contributed by atoms with Gasteiger partial charge in [-0.1, -0.05) is 25.1 Å². The Hall–Kier alpha value is -5.65. The minimum Gasteiger partial charge on any atom is -0.472 e. The molecule has 62 heavy (non-hydrogen) atoms. The highest BCUT2D eigenvalue weighted by Gasteiger charge is 2.49. The molecule has 3 N–H and O–H groups in total. The first kappa shape index (κ1) is 41.7. The zero-order valence-electron chi connectivity index (χ0n) is 34.9. The van der Waals surface area contributed by atoms with Crippen LogP contribution in [0.2, 0.25) is 0 Å². The van der Waals surface area contributed by atoms with Crippen molar-refractivity contribution in [1.82, 2.24) is 29.9 Å². The number of anilines is 3. The summed E-state index contributed by atoms with van der Waals surface area (Å²) in [6.07, 6.45) is 4.02. The zero-order chi connectivity index (χ0) is 43.3. The number of rotatable bonds is 12. The number of nitrogens with zero attached hydrogens (tertiary/aromatic N) is 8. The molecule has 0 saturated carbocycles. The summed E-state index contributed by atoms with van der Waals surface area (Å²) in [7, 11) is -3.22. The molecule has 3 fully saturated rings. The molecular weight excluding hydrogens is 818 g/mol. The van der Waals surface area contributed by atoms with Crippen LogP contribution in [0.4, 0.5) is 17.2 Å². The van der Waals surface area contributed by atoms with Gasteiger partial charge in [-0.2, -0.15) is 0 Å². The summed E-state index contributed by atoms with van der Waals surface area (Å²) in [5, 5.41) is 12.5. The van der Waals surface area contributed by atoms with Crippen LogP contribution in [-0.2, 0) is 31.8 Å². The molecule has 19 heteroatoms. The number of ether oxygens (including phenoxy) is 2. The number of para-hydroxylation sites is 1. The van der Waals surface area contributed by atoms with Gasteiger partial charge in [-0.05, 0) is 67.3 Å². The number of likely N-dealkylation sites (tertiary alicyclic amines) is 1. The van der Waals surface area contributed by atoms with Crippen LogP contribution in [0.25, 0.3) is 11.3 Å². The number of likely N-dealkylation sites (N-methyl/N-ethyl adjacent to an activating group) is 1. The number of aryl methyl sites for hydroxylation is 1. The van der Waals surface area contributed by atoms with Gasteiger partial charge < -0.3 is 39.3 Å². The van der Waals surface area contributed by atoms with E-state index in [1.54, 1.807) is 17.0 Å². The number of piperazine rings is 1. The number of phosphoric ester groups is 1. The fourth-order valence-electron chi connectivity index (χ4n) is 9.47. The van der Waals surface area contributed by atoms with Crippen molar-refractivity contribution in [1.29, 1.82) is 0 Å². The average molecular weight is 868 g/mol. The van der Waals surface area contributed by atoms with Gasteiger partial charge in [-0.3, -0.25) is 24.2 Å². The molecule has 3 amide bonds. The molecule has 4 aromatic rings. The monoisotopic (exact) mass is 867 g/mol. The lowest BCUT2D eigenvalue weighted by Gasteiger charge is -2.43. The molecule has 2 aromatic carbocycles. The number of hydrogen-bond acceptors (Lipinski definition) is 14. The summed E-state index contributed by atoms with van der Waals surface area (Å²) in [5.41, 5.74) is 6.39. The van der Waals surface area contributed by atoms with Gasteiger partial charge in [-0.15, -0.1) is 10.2 Å². The molecule has 0 radical (unpaired) electrons. The molecule has 0 bridgehead atoms. The number of piperidine rings is 1. The summed E-state index contributed by atoms with van der Waals surface area (Å²) in [5.74, 6) is 0.947. The third-order valence-electron chi connectivity index (χ3n) is 12.9. The quantitative estimate of drug-likeness (QED) is 0.105. The van der Waals surface area contributed by atoms with Crippen molar-refractivity contribution < 1.29 is 42.7 Å². The largest absolute Gasteiger partial charge is 0.472 e. The van der Waals surface area contributed by atoms with Crippen LogP contribution in [0, 0.1) is 6.92 Å². The Bertz CT molecular complexity index is 2460. The van der Waals surface area contributed by atoms with Crippen molar-refractivity contribution in [2.45, 2.75) is 70.3 Å². The van der Waals surface area contributed by atoms with E-state index in [-0.39, 0.29) is 35.8 Å². The van der Waals surface area contributed by atoms with Crippen LogP contribution >= 0.6 is 7.82 Å². The number of benzene rings is 2. The molecule has 0 unspecified atom stereocenters. The van der Waals surface area contributed by atoms with E-state index in [2.05, 4.69) is 53.8 Å². The van der Waals surface area contributed by atoms with Gasteiger partial charge in [0.2, 0.25) is 11.8 Å². The highest BCUT2D eigenvalue weighted by molar-refractivity contribution is 7.46. The second-order valence-corrected chi connectivity index (χ2v) is 17.9. The normalized spacial score (nSPS) is 22.7. The minimum atomic E-state index is -4.70. The van der Waals surface area contributed by atoms with E-state index in [1.165, 1.54) is 7.05 Å². The SMILES string of the molecule is CC[C@]12CNc3nnc(-c4ccccc4OCOP(=O)(O)O)cc3N1C[C@H](Oc1ncc(CN3CCN(c4ccc5c(c4)C(=O)N([C@H]4CCC(=O)N(C)C4=O)C5)CC3)cc1C)C2. The minimum absolute atomic E-state index is 0.135. The van der Waals surface area contributed by atoms with Crippen molar-refractivity contribution in [2.24, 2.45) is 0 Å². The van der Waals surface area contributed by atoms with Crippen molar-refractivity contribution in [2.75, 3.05) is 68.2 Å². The van der Waals surface area contributed by atoms with Crippen LogP contribution in [0.15, 0.2) is 60.8 Å². The van der Waals surface area contributed by atoms with E-state index < -0.39 is 20.7 Å². The number of pyridine rings is 1. The van der Waals surface area contributed by atoms with Crippen LogP contribution in [0.1, 0.15) is 59.7 Å². The summed E-state index contributed by atoms with van der Waals surface area (Å²) in [6.45, 7) is 9.27. The van der Waals surface area contributed by atoms with Gasteiger partial charge in [-0.25, -0.2) is 14.1 Å². The summed E-state index contributed by atoms with van der Waals surface area (Å²) in [6, 6.07) is 16.6. The lowest BCUT2D eigenvalue weighted by molar-refractivity contribution is -0.150. The van der Waals surface area contributed by atoms with E-state index >= 15 is 0 Å². The Morgan fingerprint density at radius 2 is 1.81 bits per heavy atom. The molecule has 0 aliphatic carbocycles. The smallest absolute Gasteiger partial charge is 0.472 e. The van der Waals surface area contributed by atoms with E-state index in [4.69, 9.17) is 24.2 Å². The Balaban J connectivity index is 0.813. The second kappa shape index (κ2) is 16.6. The highest BCUT2D eigenvalue weighted by Crippen LogP contribution is 2.46. The van der Waals surface area contributed by atoms with E-state index in [1.807, 2.05) is 43.5 Å². The number of amides is 3. The summed E-state index contributed by atoms with van der Waals surface area (Å²) in [4.78, 5) is 71.2. The molecule has 5 aliphatic rings. The fraction of sp³-hybridized carbons (Fsp3) is 0.442. The third-order valence-corrected chi connectivity index (χ3v) is 13.3. The Labute approximate surface area is 359 Å². The molecule has 3 saturated heterocycles. The number of imide groups is 1. The van der Waals surface area contributed by atoms with Gasteiger partial charge in [0.15, 0.2) is 12.6 Å². The number of aromatic nitrogens is 3. The molecule has 18 nitrogen and oxygen atoms in total. The predicted octanol–water partition coefficient (Wildman–Crippen LogP) is 3.95. The zero-order valence-corrected chi connectivity index (χ0v) is 35.8. The standard InChI is InChI=1S/C43H50N9O9P/c1-4-43-20-31(24-52(43)36-19-34(46-47-39(36)45-25-43)32-7-5-6-8-37(32)59-26-60-62(56,57)58)61-40-27(2)17-28(21-44-40)22-49-13-15-50(16-14-49)30-10-9-29-23-51(41(54)33(29)18-30)35-11-12-38(53)48(3)42(35)55/h5-10,17-19,21,31,35H,4,11-16,20,22-26H2,1-3H3,(H,45,47)(H2,56,57,58)/t31-,35+,43+/m1/s1. The van der Waals surface area contributed by atoms with Crippen LogP contribution in [-0.4, -0.2) is 128 Å². The van der Waals surface area contributed by atoms with E-state index in [0.717, 1.165) is 78.5 Å². The van der Waals surface area contributed by atoms with E-state index in [0.29, 0.717) is 60.3 Å². The van der Waals surface area contributed by atoms with Crippen molar-refractivity contribution >= 4 is 42.7 Å². The number of carbonyl (C=O) groups excluding carboxylic acids is 3. The third kappa shape index (κ3) is 8.08. The van der Waals surface area contributed by atoms with Gasteiger partial charge in [0.05, 0.1) is 23.5 Å². The molecule has 7 heterocycles. The molecule has 0 spiro atoms. The van der Waals surface area contributed by atoms with Crippen LogP contribution in [0.3, 0.4) is 0 Å². The summed E-state index contributed by atoms with van der Waals surface area (Å²) >= 11 is 0. The number of fused-ring (bicyclic) bond motifs is 4. The van der Waals surface area contributed by atoms with Crippen LogP contribution in [0.5, 0.6) is 11.6 Å². The Morgan fingerprint density at radius 3 is 2.58 bits per heavy atom. The lowest BCUT2D eigenvalue weighted by Crippen LogP contribution is -2.53. The lowest BCUT2D eigenvalue weighted by atomic mass is 9.90. The molecule has 3 atom stereocenters. The highest BCUT2D eigenvalue weighted by atomic mass is 31.2. The van der Waals surface area contributed by atoms with Crippen molar-refractivity contribution in [3.8, 4) is 22.9 Å². The maximum atomic E-state index is 13.5. The van der Waals surface area contributed by atoms with Crippen molar-refractivity contribution in [3.63, 3.8) is 0 Å². The topological polar surface area (TPSA) is 203 Å². The van der Waals surface area contributed by atoms with Gasteiger partial charge >= 0.3 is 7.82 Å². The van der Waals surface area contributed by atoms with Gasteiger partial charge in [0.1, 0.15) is 17.9 Å². The van der Waals surface area contributed by atoms with Gasteiger partial charge in [0, 0.05) is 94.3 Å². The van der Waals surface area contributed by atoms with Crippen molar-refractivity contribution in [3.05, 3.63) is 83.0 Å². The Morgan fingerprint density at radius 1 is 1.00 bits per heavy atom. The molecule has 5 aliphatic heterocycles. The predicted molar refractivity (Wildman–Crippen MR) is 228 cm³/mol. The van der Waals surface area contributed by atoms with Crippen LogP contribution < -0.4 is 24.6 Å². The number of hydrogen-bond donors (Lipinski definition) is 3. The van der Waals surface area contributed by atoms with E-state index in [9.17, 15) is 18.9 Å². The number of nitrogens with one attached hydrogen (secondary N) is 1. The molecule has 2 aromatic heterocycles. The second-order valence-electron chi connectivity index (χ2n) is 16.7. The molecular formula is C43H50N9O9P.